The van der Waals surface area contributed by atoms with Crippen LogP contribution in [-0.2, 0) is 0 Å². The van der Waals surface area contributed by atoms with Crippen molar-refractivity contribution in [3.8, 4) is 0 Å². The van der Waals surface area contributed by atoms with Gasteiger partial charge >= 0.3 is 12.1 Å². The van der Waals surface area contributed by atoms with Gasteiger partial charge in [-0.25, -0.2) is 0 Å². The Kier molecular flexibility index (Phi) is 12.6. The molecule has 0 bridgehead atoms. The topological polar surface area (TPSA) is 159 Å². The van der Waals surface area contributed by atoms with E-state index in [1.165, 1.54) is 21.5 Å². The number of hydrogen-bond acceptors (Lipinski definition) is 6. The Morgan fingerprint density at radius 3 is 1.42 bits per heavy atom. The highest BCUT2D eigenvalue weighted by molar-refractivity contribution is 5.77. The third-order valence-corrected chi connectivity index (χ3v) is 2.64. The van der Waals surface area contributed by atoms with Crippen LogP contribution < -0.4 is 45.4 Å². The van der Waals surface area contributed by atoms with E-state index in [4.69, 9.17) is 21.9 Å². The molecule has 0 saturated heterocycles. The molecule has 12 heteroatoms. The van der Waals surface area contributed by atoms with Gasteiger partial charge in [0.2, 0.25) is 0 Å². The second kappa shape index (κ2) is 13.1. The Morgan fingerprint density at radius 2 is 1.15 bits per heavy atom. The molecule has 2 heterocycles. The zero-order valence-corrected chi connectivity index (χ0v) is 14.7. The number of hydrogen-bond donors (Lipinski definition) is 4. The van der Waals surface area contributed by atoms with E-state index in [1.54, 1.807) is 36.4 Å². The summed E-state index contributed by atoms with van der Waals surface area (Å²) in [4.78, 5) is 21.5. The highest BCUT2D eigenvalue weighted by atomic mass is 35.5. The molecule has 2 amide bonds. The van der Waals surface area contributed by atoms with Crippen LogP contribution in [0.4, 0.5) is 9.59 Å². The minimum Gasteiger partial charge on any atom is -1.00 e. The SMILES string of the molecule is NC(=O)[n+]1ccccc1C=NO.NC(=O)[n+]1ccccc1C=NO.[Cl-].[Cl-]. The summed E-state index contributed by atoms with van der Waals surface area (Å²) in [5, 5.41) is 22.1. The van der Waals surface area contributed by atoms with Crippen molar-refractivity contribution in [2.45, 2.75) is 0 Å². The number of oxime groups is 2. The number of halogens is 2. The van der Waals surface area contributed by atoms with Crippen LogP contribution >= 0.6 is 0 Å². The van der Waals surface area contributed by atoms with Gasteiger partial charge in [-0.2, -0.15) is 18.7 Å². The first-order chi connectivity index (χ1) is 11.5. The van der Waals surface area contributed by atoms with Crippen molar-refractivity contribution in [2.75, 3.05) is 0 Å². The lowest BCUT2D eigenvalue weighted by atomic mass is 10.3. The van der Waals surface area contributed by atoms with Gasteiger partial charge < -0.3 is 35.2 Å². The van der Waals surface area contributed by atoms with Gasteiger partial charge in [-0.1, -0.05) is 22.4 Å². The summed E-state index contributed by atoms with van der Waals surface area (Å²) < 4.78 is 2.33. The first-order valence-corrected chi connectivity index (χ1v) is 6.47. The molecule has 26 heavy (non-hydrogen) atoms. The van der Waals surface area contributed by atoms with Crippen LogP contribution in [0, 0.1) is 0 Å². The molecule has 2 aromatic rings. The van der Waals surface area contributed by atoms with Crippen molar-refractivity contribution in [1.82, 2.24) is 0 Å². The number of nitrogens with zero attached hydrogens (tertiary/aromatic N) is 4. The maximum Gasteiger partial charge on any atom is 0.494 e. The average Bonchev–Trinajstić information content (AvgIpc) is 2.57. The van der Waals surface area contributed by atoms with E-state index in [0.717, 1.165) is 12.4 Å². The van der Waals surface area contributed by atoms with Gasteiger partial charge in [0.1, 0.15) is 24.8 Å². The van der Waals surface area contributed by atoms with Gasteiger partial charge in [-0.15, -0.1) is 0 Å². The largest absolute Gasteiger partial charge is 1.00 e. The molecule has 0 aromatic carbocycles. The molecule has 0 aliphatic heterocycles. The van der Waals surface area contributed by atoms with Crippen LogP contribution in [0.3, 0.4) is 0 Å². The molecule has 140 valence electrons. The molecule has 0 atom stereocenters. The number of pyridine rings is 2. The van der Waals surface area contributed by atoms with Crippen molar-refractivity contribution in [2.24, 2.45) is 21.8 Å². The van der Waals surface area contributed by atoms with E-state index in [2.05, 4.69) is 10.3 Å². The second-order valence-electron chi connectivity index (χ2n) is 4.16. The standard InChI is InChI=1S/2C7H7N3O2.2ClH/c2*8-7(11)10-4-2-1-3-6(10)5-9-12;;/h2*1-5H,(H2,8,11);2*1H. The summed E-state index contributed by atoms with van der Waals surface area (Å²) in [7, 11) is 0. The zero-order valence-electron chi connectivity index (χ0n) is 13.2. The van der Waals surface area contributed by atoms with Gasteiger partial charge in [0.05, 0.1) is 0 Å². The summed E-state index contributed by atoms with van der Waals surface area (Å²) in [6, 6.07) is 8.68. The number of nitrogens with two attached hydrogens (primary N) is 2. The minimum atomic E-state index is -0.620. The lowest BCUT2D eigenvalue weighted by Gasteiger charge is -1.94. The van der Waals surface area contributed by atoms with E-state index < -0.39 is 12.1 Å². The fourth-order valence-corrected chi connectivity index (χ4v) is 1.64. The molecule has 2 rings (SSSR count). The Labute approximate surface area is 160 Å². The van der Waals surface area contributed by atoms with E-state index in [9.17, 15) is 9.59 Å². The maximum absolute atomic E-state index is 10.7. The first-order valence-electron chi connectivity index (χ1n) is 6.47. The highest BCUT2D eigenvalue weighted by Gasteiger charge is 2.10. The third-order valence-electron chi connectivity index (χ3n) is 2.64. The Bertz CT molecular complexity index is 720. The molecule has 0 unspecified atom stereocenters. The van der Waals surface area contributed by atoms with Gasteiger partial charge in [0.15, 0.2) is 11.4 Å². The Hall–Kier alpha value is -3.24. The van der Waals surface area contributed by atoms with Crippen molar-refractivity contribution < 1.29 is 54.0 Å². The van der Waals surface area contributed by atoms with Crippen LogP contribution in [0.1, 0.15) is 11.4 Å². The van der Waals surface area contributed by atoms with Crippen LogP contribution in [0.2, 0.25) is 0 Å². The molecule has 2 aromatic heterocycles. The monoisotopic (exact) mass is 402 g/mol. The molecular formula is C14H16Cl2N6O4. The fraction of sp³-hybridized carbons (Fsp3) is 0. The van der Waals surface area contributed by atoms with E-state index in [1.807, 2.05) is 0 Å². The normalized spacial score (nSPS) is 9.54. The predicted octanol–water partition coefficient (Wildman–Crippen LogP) is -6.57. The minimum absolute atomic E-state index is 0. The number of carbonyl (C=O) groups excluding carboxylic acids is 2. The summed E-state index contributed by atoms with van der Waals surface area (Å²) >= 11 is 0. The van der Waals surface area contributed by atoms with Gasteiger partial charge in [0, 0.05) is 0 Å². The molecule has 0 saturated carbocycles. The Balaban J connectivity index is 0. The van der Waals surface area contributed by atoms with Gasteiger partial charge in [-0.05, 0) is 24.3 Å². The van der Waals surface area contributed by atoms with Gasteiger partial charge in [-0.3, -0.25) is 11.5 Å². The summed E-state index contributed by atoms with van der Waals surface area (Å²) in [5.74, 6) is 0. The first kappa shape index (κ1) is 25.0. The molecular weight excluding hydrogens is 387 g/mol. The smallest absolute Gasteiger partial charge is 0.494 e. The van der Waals surface area contributed by atoms with Crippen molar-refractivity contribution in [3.05, 3.63) is 60.2 Å². The molecule has 0 spiro atoms. The highest BCUT2D eigenvalue weighted by Crippen LogP contribution is 1.86. The molecule has 0 aliphatic rings. The fourth-order valence-electron chi connectivity index (χ4n) is 1.64. The van der Waals surface area contributed by atoms with Crippen LogP contribution in [-0.4, -0.2) is 34.9 Å². The number of aromatic nitrogens is 2. The molecule has 10 nitrogen and oxygen atoms in total. The summed E-state index contributed by atoms with van der Waals surface area (Å²) in [5.41, 5.74) is 10.9. The zero-order chi connectivity index (χ0) is 17.9. The number of carbonyl (C=O) groups is 2. The van der Waals surface area contributed by atoms with E-state index in [0.29, 0.717) is 11.4 Å². The molecule has 0 fully saturated rings. The second-order valence-corrected chi connectivity index (χ2v) is 4.16. The Morgan fingerprint density at radius 1 is 0.808 bits per heavy atom. The van der Waals surface area contributed by atoms with E-state index >= 15 is 0 Å². The summed E-state index contributed by atoms with van der Waals surface area (Å²) in [6.45, 7) is 0. The summed E-state index contributed by atoms with van der Waals surface area (Å²) in [6.07, 6.45) is 5.23. The number of primary amides is 2. The van der Waals surface area contributed by atoms with E-state index in [-0.39, 0.29) is 24.8 Å². The maximum atomic E-state index is 10.7. The van der Waals surface area contributed by atoms with Crippen LogP contribution in [0.25, 0.3) is 0 Å². The molecule has 0 radical (unpaired) electrons. The van der Waals surface area contributed by atoms with Crippen molar-refractivity contribution >= 4 is 24.5 Å². The molecule has 0 aliphatic carbocycles. The van der Waals surface area contributed by atoms with Crippen LogP contribution in [0.15, 0.2) is 59.1 Å². The lowest BCUT2D eigenvalue weighted by Crippen LogP contribution is -3.00. The van der Waals surface area contributed by atoms with Crippen molar-refractivity contribution in [1.29, 1.82) is 0 Å². The number of rotatable bonds is 2. The number of amides is 2. The van der Waals surface area contributed by atoms with Crippen LogP contribution in [0.5, 0.6) is 0 Å². The van der Waals surface area contributed by atoms with Crippen molar-refractivity contribution in [3.63, 3.8) is 0 Å². The quantitative estimate of drug-likeness (QED) is 0.170. The third kappa shape index (κ3) is 7.55. The average molecular weight is 403 g/mol. The predicted molar refractivity (Wildman–Crippen MR) is 82.0 cm³/mol. The molecule has 6 N–H and O–H groups in total. The lowest BCUT2D eigenvalue weighted by molar-refractivity contribution is -0.571. The van der Waals surface area contributed by atoms with Gasteiger partial charge in [0.25, 0.3) is 0 Å².